The zero-order valence-electron chi connectivity index (χ0n) is 18.1. The van der Waals surface area contributed by atoms with Crippen molar-refractivity contribution < 1.29 is 13.2 Å². The van der Waals surface area contributed by atoms with Gasteiger partial charge in [0.15, 0.2) is 0 Å². The van der Waals surface area contributed by atoms with Crippen LogP contribution in [0.3, 0.4) is 0 Å². The Bertz CT molecular complexity index is 1410. The van der Waals surface area contributed by atoms with Gasteiger partial charge in [0.2, 0.25) is 11.0 Å². The average molecular weight is 516 g/mol. The number of rotatable bonds is 6. The van der Waals surface area contributed by atoms with Crippen LogP contribution in [-0.4, -0.2) is 46.2 Å². The average Bonchev–Trinajstić information content (AvgIpc) is 3.49. The maximum absolute atomic E-state index is 12.9. The van der Waals surface area contributed by atoms with E-state index in [0.29, 0.717) is 18.1 Å². The van der Waals surface area contributed by atoms with Crippen LogP contribution >= 0.6 is 23.1 Å². The molecular weight excluding hydrogens is 494 g/mol. The monoisotopic (exact) mass is 515 g/mol. The van der Waals surface area contributed by atoms with Crippen LogP contribution in [0.5, 0.6) is 0 Å². The van der Waals surface area contributed by atoms with Crippen LogP contribution in [-0.2, 0) is 21.4 Å². The van der Waals surface area contributed by atoms with Gasteiger partial charge in [-0.1, -0.05) is 29.8 Å². The summed E-state index contributed by atoms with van der Waals surface area (Å²) in [6, 6.07) is 14.6. The van der Waals surface area contributed by atoms with Crippen molar-refractivity contribution in [3.8, 4) is 0 Å². The van der Waals surface area contributed by atoms with Crippen LogP contribution in [0.15, 0.2) is 66.0 Å². The molecule has 0 aliphatic carbocycles. The van der Waals surface area contributed by atoms with E-state index in [2.05, 4.69) is 14.1 Å². The molecule has 3 heterocycles. The van der Waals surface area contributed by atoms with E-state index < -0.39 is 10.0 Å². The molecule has 1 saturated heterocycles. The molecule has 11 heteroatoms. The molecule has 2 aromatic heterocycles. The molecule has 1 aliphatic heterocycles. The molecule has 0 saturated carbocycles. The number of nitrogens with zero attached hydrogens (tertiary/aromatic N) is 4. The SMILES string of the molecule is O=C(Cn1ccc2ccc(Cl)cc21)N1CCC(c2ccc(S(=O)(=O)Nc3ncns3)cc2)CC1. The van der Waals surface area contributed by atoms with Gasteiger partial charge in [0, 0.05) is 41.4 Å². The Kier molecular flexibility index (Phi) is 6.28. The molecule has 0 atom stereocenters. The fourth-order valence-electron chi connectivity index (χ4n) is 4.31. The fourth-order valence-corrected chi connectivity index (χ4v) is 6.14. The summed E-state index contributed by atoms with van der Waals surface area (Å²) in [6.07, 6.45) is 4.89. The van der Waals surface area contributed by atoms with Crippen LogP contribution in [0.4, 0.5) is 5.13 Å². The number of sulfonamides is 1. The predicted molar refractivity (Wildman–Crippen MR) is 133 cm³/mol. The maximum Gasteiger partial charge on any atom is 0.263 e. The third-order valence-corrected chi connectivity index (χ3v) is 8.43. The van der Waals surface area contributed by atoms with Crippen molar-refractivity contribution in [3.63, 3.8) is 0 Å². The summed E-state index contributed by atoms with van der Waals surface area (Å²) in [5.41, 5.74) is 2.03. The normalized spacial score (nSPS) is 15.0. The summed E-state index contributed by atoms with van der Waals surface area (Å²) in [5.74, 6) is 0.364. The number of anilines is 1. The van der Waals surface area contributed by atoms with Crippen molar-refractivity contribution in [1.29, 1.82) is 0 Å². The van der Waals surface area contributed by atoms with Crippen molar-refractivity contribution in [2.24, 2.45) is 0 Å². The first-order valence-electron chi connectivity index (χ1n) is 10.8. The molecular formula is C23H22ClN5O3S2. The van der Waals surface area contributed by atoms with Crippen LogP contribution in [0, 0.1) is 0 Å². The second-order valence-corrected chi connectivity index (χ2v) is 11.1. The third-order valence-electron chi connectivity index (χ3n) is 6.13. The van der Waals surface area contributed by atoms with Gasteiger partial charge >= 0.3 is 0 Å². The summed E-state index contributed by atoms with van der Waals surface area (Å²) in [4.78, 5) is 18.9. The number of hydrogen-bond donors (Lipinski definition) is 1. The summed E-state index contributed by atoms with van der Waals surface area (Å²) < 4.78 is 33.2. The Morgan fingerprint density at radius 3 is 2.59 bits per heavy atom. The van der Waals surface area contributed by atoms with Gasteiger partial charge in [-0.05, 0) is 60.0 Å². The Hall–Kier alpha value is -2.95. The van der Waals surface area contributed by atoms with Gasteiger partial charge in [0.25, 0.3) is 10.0 Å². The molecule has 2 aromatic carbocycles. The van der Waals surface area contributed by atoms with E-state index in [9.17, 15) is 13.2 Å². The Morgan fingerprint density at radius 2 is 1.88 bits per heavy atom. The highest BCUT2D eigenvalue weighted by atomic mass is 35.5. The van der Waals surface area contributed by atoms with E-state index in [-0.39, 0.29) is 28.4 Å². The minimum Gasteiger partial charge on any atom is -0.341 e. The van der Waals surface area contributed by atoms with Crippen molar-refractivity contribution in [2.75, 3.05) is 17.8 Å². The highest BCUT2D eigenvalue weighted by Crippen LogP contribution is 2.29. The fraction of sp³-hybridized carbons (Fsp3) is 0.261. The number of fused-ring (bicyclic) bond motifs is 1. The van der Waals surface area contributed by atoms with Gasteiger partial charge in [0.1, 0.15) is 12.9 Å². The Labute approximate surface area is 206 Å². The quantitative estimate of drug-likeness (QED) is 0.411. The molecule has 0 bridgehead atoms. The number of piperidine rings is 1. The van der Waals surface area contributed by atoms with Crippen LogP contribution < -0.4 is 4.72 Å². The van der Waals surface area contributed by atoms with Gasteiger partial charge in [-0.15, -0.1) is 0 Å². The van der Waals surface area contributed by atoms with Crippen molar-refractivity contribution in [3.05, 3.63) is 71.6 Å². The second kappa shape index (κ2) is 9.36. The first kappa shape index (κ1) is 22.8. The highest BCUT2D eigenvalue weighted by molar-refractivity contribution is 7.93. The number of nitrogens with one attached hydrogen (secondary N) is 1. The minimum atomic E-state index is -3.70. The summed E-state index contributed by atoms with van der Waals surface area (Å²) in [7, 11) is -3.70. The summed E-state index contributed by atoms with van der Waals surface area (Å²) >= 11 is 7.11. The second-order valence-electron chi connectivity index (χ2n) is 8.22. The molecule has 1 N–H and O–H groups in total. The Morgan fingerprint density at radius 1 is 1.12 bits per heavy atom. The lowest BCUT2D eigenvalue weighted by Crippen LogP contribution is -2.39. The first-order valence-corrected chi connectivity index (χ1v) is 13.4. The predicted octanol–water partition coefficient (Wildman–Crippen LogP) is 4.35. The van der Waals surface area contributed by atoms with E-state index in [1.54, 1.807) is 12.1 Å². The molecule has 1 aliphatic rings. The molecule has 1 amide bonds. The zero-order valence-corrected chi connectivity index (χ0v) is 20.5. The molecule has 5 rings (SSSR count). The third kappa shape index (κ3) is 4.79. The van der Waals surface area contributed by atoms with E-state index in [1.807, 2.05) is 52.1 Å². The standard InChI is InChI=1S/C23H22ClN5O3S2/c24-19-4-1-18-9-12-29(21(18)13-19)14-22(30)28-10-7-17(8-11-28)16-2-5-20(6-3-16)34(31,32)27-23-25-15-26-33-23/h1-6,9,12-13,15,17H,7-8,10-11,14H2,(H,25,26,27). The van der Waals surface area contributed by atoms with Crippen LogP contribution in [0.1, 0.15) is 24.3 Å². The molecule has 176 valence electrons. The van der Waals surface area contributed by atoms with Crippen LogP contribution in [0.2, 0.25) is 5.02 Å². The number of likely N-dealkylation sites (tertiary alicyclic amines) is 1. The maximum atomic E-state index is 12.9. The Balaban J connectivity index is 1.19. The molecule has 8 nitrogen and oxygen atoms in total. The molecule has 0 radical (unpaired) electrons. The number of carbonyl (C=O) groups is 1. The molecule has 0 unspecified atom stereocenters. The lowest BCUT2D eigenvalue weighted by atomic mass is 9.89. The summed E-state index contributed by atoms with van der Waals surface area (Å²) in [6.45, 7) is 1.62. The molecule has 34 heavy (non-hydrogen) atoms. The molecule has 0 spiro atoms. The van der Waals surface area contributed by atoms with Crippen molar-refractivity contribution in [2.45, 2.75) is 30.2 Å². The van der Waals surface area contributed by atoms with Gasteiger partial charge in [-0.25, -0.2) is 13.4 Å². The smallest absolute Gasteiger partial charge is 0.263 e. The van der Waals surface area contributed by atoms with Crippen molar-refractivity contribution in [1.82, 2.24) is 18.8 Å². The van der Waals surface area contributed by atoms with E-state index >= 15 is 0 Å². The van der Waals surface area contributed by atoms with E-state index in [0.717, 1.165) is 40.8 Å². The first-order chi connectivity index (χ1) is 16.4. The molecule has 1 fully saturated rings. The lowest BCUT2D eigenvalue weighted by Gasteiger charge is -2.32. The van der Waals surface area contributed by atoms with E-state index in [1.165, 1.54) is 6.33 Å². The van der Waals surface area contributed by atoms with E-state index in [4.69, 9.17) is 11.6 Å². The highest BCUT2D eigenvalue weighted by Gasteiger charge is 2.25. The zero-order chi connectivity index (χ0) is 23.7. The largest absolute Gasteiger partial charge is 0.341 e. The number of aromatic nitrogens is 3. The topological polar surface area (TPSA) is 97.2 Å². The van der Waals surface area contributed by atoms with Gasteiger partial charge in [-0.2, -0.15) is 4.37 Å². The molecule has 4 aromatic rings. The lowest BCUT2D eigenvalue weighted by molar-refractivity contribution is -0.132. The number of hydrogen-bond acceptors (Lipinski definition) is 6. The van der Waals surface area contributed by atoms with Gasteiger partial charge in [-0.3, -0.25) is 9.52 Å². The minimum absolute atomic E-state index is 0.0834. The van der Waals surface area contributed by atoms with Gasteiger partial charge in [0.05, 0.1) is 4.90 Å². The summed E-state index contributed by atoms with van der Waals surface area (Å²) in [5, 5.41) is 1.94. The number of benzene rings is 2. The number of halogens is 1. The van der Waals surface area contributed by atoms with Crippen molar-refractivity contribution >= 4 is 55.1 Å². The van der Waals surface area contributed by atoms with Gasteiger partial charge < -0.3 is 9.47 Å². The number of amides is 1. The van der Waals surface area contributed by atoms with Crippen LogP contribution in [0.25, 0.3) is 10.9 Å². The number of carbonyl (C=O) groups excluding carboxylic acids is 1.